The van der Waals surface area contributed by atoms with E-state index in [0.717, 1.165) is 6.08 Å². The smallest absolute Gasteiger partial charge is 0.185 e. The molecule has 62 valence electrons. The van der Waals surface area contributed by atoms with Crippen LogP contribution in [0.3, 0.4) is 0 Å². The lowest BCUT2D eigenvalue weighted by atomic mass is 10.1. The molecule has 2 nitrogen and oxygen atoms in total. The fourth-order valence-corrected chi connectivity index (χ4v) is 0.601. The van der Waals surface area contributed by atoms with Crippen LogP contribution in [0.5, 0.6) is 0 Å². The van der Waals surface area contributed by atoms with Crippen LogP contribution in [-0.4, -0.2) is 12.1 Å². The van der Waals surface area contributed by atoms with Gasteiger partial charge in [0.2, 0.25) is 0 Å². The van der Waals surface area contributed by atoms with Crippen molar-refractivity contribution in [1.29, 1.82) is 0 Å². The van der Waals surface area contributed by atoms with Crippen molar-refractivity contribution < 1.29 is 9.59 Å². The van der Waals surface area contributed by atoms with Gasteiger partial charge in [-0.1, -0.05) is 31.4 Å². The predicted octanol–water partition coefficient (Wildman–Crippen LogP) is 1.61. The zero-order valence-electron chi connectivity index (χ0n) is 6.69. The molecule has 0 aromatic carbocycles. The van der Waals surface area contributed by atoms with Gasteiger partial charge in [-0.2, -0.15) is 0 Å². The van der Waals surface area contributed by atoms with Crippen molar-refractivity contribution in [2.24, 2.45) is 0 Å². The van der Waals surface area contributed by atoms with Gasteiger partial charge >= 0.3 is 0 Å². The Morgan fingerprint density at radius 1 is 1.25 bits per heavy atom. The summed E-state index contributed by atoms with van der Waals surface area (Å²) in [5, 5.41) is 0. The van der Waals surface area contributed by atoms with E-state index in [1.807, 2.05) is 0 Å². The standard InChI is InChI=1S/C10H10O2/c1-3-6-9(4-2)10(12)7-5-8-11/h3-8H,1-2H2/b7-5+,9-6+. The van der Waals surface area contributed by atoms with Crippen LogP contribution in [0.1, 0.15) is 0 Å². The lowest BCUT2D eigenvalue weighted by Gasteiger charge is -1.91. The van der Waals surface area contributed by atoms with Gasteiger partial charge in [0.25, 0.3) is 0 Å². The summed E-state index contributed by atoms with van der Waals surface area (Å²) in [7, 11) is 0. The Hall–Kier alpha value is -1.70. The minimum absolute atomic E-state index is 0.253. The summed E-state index contributed by atoms with van der Waals surface area (Å²) < 4.78 is 0. The average Bonchev–Trinajstić information content (AvgIpc) is 2.10. The Bertz CT molecular complexity index is 257. The van der Waals surface area contributed by atoms with Crippen LogP contribution in [0.4, 0.5) is 0 Å². The number of rotatable bonds is 5. The Labute approximate surface area is 71.6 Å². The summed E-state index contributed by atoms with van der Waals surface area (Å²) in [6.45, 7) is 6.89. The van der Waals surface area contributed by atoms with Crippen molar-refractivity contribution in [2.45, 2.75) is 0 Å². The Morgan fingerprint density at radius 2 is 1.92 bits per heavy atom. The first-order valence-corrected chi connectivity index (χ1v) is 3.37. The minimum atomic E-state index is -0.253. The molecule has 2 heteroatoms. The summed E-state index contributed by atoms with van der Waals surface area (Å²) in [6, 6.07) is 0. The molecule has 0 saturated heterocycles. The molecular formula is C10H10O2. The molecule has 0 radical (unpaired) electrons. The summed E-state index contributed by atoms with van der Waals surface area (Å²) >= 11 is 0. The molecule has 0 amide bonds. The molecule has 0 aliphatic rings. The molecule has 0 fully saturated rings. The molecule has 12 heavy (non-hydrogen) atoms. The fourth-order valence-electron chi connectivity index (χ4n) is 0.601. The molecular weight excluding hydrogens is 152 g/mol. The summed E-state index contributed by atoms with van der Waals surface area (Å²) in [6.07, 6.45) is 7.31. The van der Waals surface area contributed by atoms with Crippen LogP contribution in [0.2, 0.25) is 0 Å². The third-order valence-electron chi connectivity index (χ3n) is 1.13. The first-order valence-electron chi connectivity index (χ1n) is 3.37. The van der Waals surface area contributed by atoms with E-state index in [9.17, 15) is 9.59 Å². The monoisotopic (exact) mass is 162 g/mol. The highest BCUT2D eigenvalue weighted by Crippen LogP contribution is 1.98. The van der Waals surface area contributed by atoms with Crippen molar-refractivity contribution in [2.75, 3.05) is 0 Å². The Kier molecular flexibility index (Phi) is 5.18. The predicted molar refractivity (Wildman–Crippen MR) is 48.7 cm³/mol. The fraction of sp³-hybridized carbons (Fsp3) is 0. The van der Waals surface area contributed by atoms with Crippen LogP contribution in [0, 0.1) is 0 Å². The van der Waals surface area contributed by atoms with Crippen LogP contribution in [-0.2, 0) is 9.59 Å². The largest absolute Gasteiger partial charge is 0.299 e. The first-order chi connectivity index (χ1) is 5.76. The highest BCUT2D eigenvalue weighted by atomic mass is 16.1. The van der Waals surface area contributed by atoms with E-state index in [4.69, 9.17) is 0 Å². The first kappa shape index (κ1) is 10.3. The molecule has 0 atom stereocenters. The van der Waals surface area contributed by atoms with Gasteiger partial charge in [0.15, 0.2) is 5.78 Å². The van der Waals surface area contributed by atoms with Gasteiger partial charge in [-0.05, 0) is 12.2 Å². The van der Waals surface area contributed by atoms with Gasteiger partial charge < -0.3 is 0 Å². The Morgan fingerprint density at radius 3 is 2.33 bits per heavy atom. The maximum atomic E-state index is 11.1. The van der Waals surface area contributed by atoms with E-state index < -0.39 is 0 Å². The van der Waals surface area contributed by atoms with E-state index >= 15 is 0 Å². The van der Waals surface area contributed by atoms with Gasteiger partial charge in [0.05, 0.1) is 0 Å². The molecule has 0 N–H and O–H groups in total. The summed E-state index contributed by atoms with van der Waals surface area (Å²) in [5.74, 6) is -0.253. The second-order valence-electron chi connectivity index (χ2n) is 1.92. The van der Waals surface area contributed by atoms with Gasteiger partial charge in [0.1, 0.15) is 6.29 Å². The highest BCUT2D eigenvalue weighted by molar-refractivity contribution is 6.07. The molecule has 0 aliphatic carbocycles. The second kappa shape index (κ2) is 6.04. The molecule has 0 saturated carbocycles. The van der Waals surface area contributed by atoms with Crippen LogP contribution >= 0.6 is 0 Å². The van der Waals surface area contributed by atoms with Gasteiger partial charge in [0, 0.05) is 5.57 Å². The van der Waals surface area contributed by atoms with E-state index in [0.29, 0.717) is 11.9 Å². The van der Waals surface area contributed by atoms with Crippen molar-refractivity contribution in [1.82, 2.24) is 0 Å². The Balaban J connectivity index is 4.53. The van der Waals surface area contributed by atoms with Gasteiger partial charge in [-0.3, -0.25) is 9.59 Å². The van der Waals surface area contributed by atoms with Crippen molar-refractivity contribution in [3.8, 4) is 0 Å². The number of carbonyl (C=O) groups is 2. The van der Waals surface area contributed by atoms with E-state index in [1.165, 1.54) is 24.3 Å². The molecule has 0 aromatic heterocycles. The topological polar surface area (TPSA) is 34.1 Å². The van der Waals surface area contributed by atoms with E-state index in [2.05, 4.69) is 13.2 Å². The van der Waals surface area contributed by atoms with Crippen LogP contribution in [0.15, 0.2) is 49.1 Å². The molecule has 0 unspecified atom stereocenters. The minimum Gasteiger partial charge on any atom is -0.299 e. The van der Waals surface area contributed by atoms with Crippen LogP contribution in [0.25, 0.3) is 0 Å². The quantitative estimate of drug-likeness (QED) is 0.349. The third-order valence-corrected chi connectivity index (χ3v) is 1.13. The maximum Gasteiger partial charge on any atom is 0.185 e. The maximum absolute atomic E-state index is 11.1. The number of hydrogen-bond acceptors (Lipinski definition) is 2. The number of ketones is 1. The molecule has 0 spiro atoms. The SMILES string of the molecule is C=C/C=C(\C=C)C(=O)/C=C/C=O. The third kappa shape index (κ3) is 3.46. The lowest BCUT2D eigenvalue weighted by molar-refractivity contribution is -0.111. The lowest BCUT2D eigenvalue weighted by Crippen LogP contribution is -1.94. The highest BCUT2D eigenvalue weighted by Gasteiger charge is 1.98. The van der Waals surface area contributed by atoms with Crippen LogP contribution < -0.4 is 0 Å². The molecule has 0 heterocycles. The van der Waals surface area contributed by atoms with Crippen molar-refractivity contribution in [3.05, 3.63) is 49.1 Å². The van der Waals surface area contributed by atoms with Crippen molar-refractivity contribution >= 4 is 12.1 Å². The number of aldehydes is 1. The van der Waals surface area contributed by atoms with Gasteiger partial charge in [-0.15, -0.1) is 0 Å². The molecule has 0 bridgehead atoms. The van der Waals surface area contributed by atoms with E-state index in [-0.39, 0.29) is 5.78 Å². The van der Waals surface area contributed by atoms with Gasteiger partial charge in [-0.25, -0.2) is 0 Å². The number of carbonyl (C=O) groups excluding carboxylic acids is 2. The van der Waals surface area contributed by atoms with Crippen molar-refractivity contribution in [3.63, 3.8) is 0 Å². The summed E-state index contributed by atoms with van der Waals surface area (Å²) in [4.78, 5) is 21.0. The summed E-state index contributed by atoms with van der Waals surface area (Å²) in [5.41, 5.74) is 0.420. The molecule has 0 aromatic rings. The second-order valence-corrected chi connectivity index (χ2v) is 1.92. The van der Waals surface area contributed by atoms with E-state index in [1.54, 1.807) is 0 Å². The number of allylic oxidation sites excluding steroid dienone is 6. The molecule has 0 rings (SSSR count). The number of hydrogen-bond donors (Lipinski definition) is 0. The normalized spacial score (nSPS) is 11.2. The average molecular weight is 162 g/mol. The zero-order valence-corrected chi connectivity index (χ0v) is 6.69. The zero-order chi connectivity index (χ0) is 9.40. The molecule has 0 aliphatic heterocycles.